The number of benzene rings is 1. The molecule has 0 saturated carbocycles. The molecule has 0 aliphatic rings. The van der Waals surface area contributed by atoms with Crippen LogP contribution in [0, 0.1) is 5.82 Å². The van der Waals surface area contributed by atoms with Crippen molar-refractivity contribution in [2.24, 2.45) is 0 Å². The van der Waals surface area contributed by atoms with Crippen LogP contribution in [0.2, 0.25) is 5.02 Å². The molecule has 0 saturated heterocycles. The van der Waals surface area contributed by atoms with E-state index >= 15 is 0 Å². The molecule has 0 atom stereocenters. The van der Waals surface area contributed by atoms with Crippen molar-refractivity contribution < 1.29 is 4.39 Å². The summed E-state index contributed by atoms with van der Waals surface area (Å²) in [6.07, 6.45) is 1.68. The SMILES string of the molecule is CCCc1nc(N)cc(Nc2ccc(F)cc2Cl)n1. The molecule has 19 heavy (non-hydrogen) atoms. The minimum absolute atomic E-state index is 0.286. The summed E-state index contributed by atoms with van der Waals surface area (Å²) < 4.78 is 13.0. The van der Waals surface area contributed by atoms with E-state index in [1.807, 2.05) is 6.92 Å². The Balaban J connectivity index is 2.27. The van der Waals surface area contributed by atoms with Crippen LogP contribution in [-0.4, -0.2) is 9.97 Å². The van der Waals surface area contributed by atoms with Crippen molar-refractivity contribution in [2.75, 3.05) is 11.1 Å². The van der Waals surface area contributed by atoms with E-state index in [4.69, 9.17) is 17.3 Å². The normalized spacial score (nSPS) is 10.5. The van der Waals surface area contributed by atoms with Gasteiger partial charge in [0.1, 0.15) is 23.3 Å². The Bertz CT molecular complexity index is 589. The third-order valence-electron chi connectivity index (χ3n) is 2.46. The molecule has 0 spiro atoms. The van der Waals surface area contributed by atoms with E-state index in [9.17, 15) is 4.39 Å². The first kappa shape index (κ1) is 13.5. The van der Waals surface area contributed by atoms with Crippen molar-refractivity contribution in [3.63, 3.8) is 0 Å². The number of nitrogens with zero attached hydrogens (tertiary/aromatic N) is 2. The van der Waals surface area contributed by atoms with Crippen LogP contribution in [0.5, 0.6) is 0 Å². The van der Waals surface area contributed by atoms with Crippen LogP contribution in [0.1, 0.15) is 19.2 Å². The van der Waals surface area contributed by atoms with Gasteiger partial charge in [0.05, 0.1) is 10.7 Å². The monoisotopic (exact) mass is 280 g/mol. The molecule has 0 bridgehead atoms. The summed E-state index contributed by atoms with van der Waals surface area (Å²) in [6, 6.07) is 5.72. The fourth-order valence-electron chi connectivity index (χ4n) is 1.65. The largest absolute Gasteiger partial charge is 0.384 e. The summed E-state index contributed by atoms with van der Waals surface area (Å²) in [5, 5.41) is 3.30. The van der Waals surface area contributed by atoms with Crippen LogP contribution < -0.4 is 11.1 Å². The lowest BCUT2D eigenvalue weighted by molar-refractivity contribution is 0.628. The minimum Gasteiger partial charge on any atom is -0.384 e. The van der Waals surface area contributed by atoms with Crippen molar-refractivity contribution in [3.8, 4) is 0 Å². The highest BCUT2D eigenvalue weighted by Gasteiger charge is 2.06. The average molecular weight is 281 g/mol. The van der Waals surface area contributed by atoms with Gasteiger partial charge >= 0.3 is 0 Å². The topological polar surface area (TPSA) is 63.8 Å². The standard InChI is InChI=1S/C13H14ClFN4/c1-2-3-12-18-11(16)7-13(19-12)17-10-5-4-8(15)6-9(10)14/h4-7H,2-3H2,1H3,(H3,16,17,18,19). The molecule has 0 aliphatic heterocycles. The molecule has 0 aliphatic carbocycles. The van der Waals surface area contributed by atoms with Gasteiger partial charge in [-0.05, 0) is 24.6 Å². The third kappa shape index (κ3) is 3.54. The fourth-order valence-corrected chi connectivity index (χ4v) is 1.86. The Morgan fingerprint density at radius 2 is 2.11 bits per heavy atom. The second-order valence-corrected chi connectivity index (χ2v) is 4.50. The number of halogens is 2. The molecule has 3 N–H and O–H groups in total. The van der Waals surface area contributed by atoms with E-state index in [1.54, 1.807) is 12.1 Å². The van der Waals surface area contributed by atoms with E-state index in [-0.39, 0.29) is 10.8 Å². The number of aromatic nitrogens is 2. The molecule has 2 rings (SSSR count). The van der Waals surface area contributed by atoms with E-state index in [1.165, 1.54) is 12.1 Å². The predicted octanol–water partition coefficient (Wildman–Crippen LogP) is 3.55. The highest BCUT2D eigenvalue weighted by molar-refractivity contribution is 6.33. The molecule has 1 aromatic heterocycles. The summed E-state index contributed by atoms with van der Waals surface area (Å²) in [4.78, 5) is 8.46. The lowest BCUT2D eigenvalue weighted by atomic mass is 10.3. The Morgan fingerprint density at radius 1 is 1.32 bits per heavy atom. The van der Waals surface area contributed by atoms with Crippen molar-refractivity contribution in [3.05, 3.63) is 40.9 Å². The van der Waals surface area contributed by atoms with Crippen molar-refractivity contribution in [1.29, 1.82) is 0 Å². The molecular formula is C13H14ClFN4. The lowest BCUT2D eigenvalue weighted by Crippen LogP contribution is -2.03. The molecule has 0 fully saturated rings. The summed E-state index contributed by atoms with van der Waals surface area (Å²) in [5.74, 6) is 1.22. The summed E-state index contributed by atoms with van der Waals surface area (Å²) in [7, 11) is 0. The molecule has 0 amide bonds. The Hall–Kier alpha value is -1.88. The van der Waals surface area contributed by atoms with Gasteiger partial charge in [-0.3, -0.25) is 0 Å². The van der Waals surface area contributed by atoms with Crippen molar-refractivity contribution in [2.45, 2.75) is 19.8 Å². The summed E-state index contributed by atoms with van der Waals surface area (Å²) >= 11 is 5.94. The van der Waals surface area contributed by atoms with Gasteiger partial charge in [-0.25, -0.2) is 14.4 Å². The molecule has 4 nitrogen and oxygen atoms in total. The highest BCUT2D eigenvalue weighted by atomic mass is 35.5. The molecule has 100 valence electrons. The number of hydrogen-bond acceptors (Lipinski definition) is 4. The fraction of sp³-hybridized carbons (Fsp3) is 0.231. The maximum Gasteiger partial charge on any atom is 0.136 e. The number of nitrogen functional groups attached to an aromatic ring is 1. The van der Waals surface area contributed by atoms with Gasteiger partial charge in [0, 0.05) is 12.5 Å². The third-order valence-corrected chi connectivity index (χ3v) is 2.77. The first-order valence-electron chi connectivity index (χ1n) is 5.94. The minimum atomic E-state index is -0.385. The number of nitrogens with two attached hydrogens (primary N) is 1. The highest BCUT2D eigenvalue weighted by Crippen LogP contribution is 2.25. The Kier molecular flexibility index (Phi) is 4.16. The molecule has 1 aromatic carbocycles. The lowest BCUT2D eigenvalue weighted by Gasteiger charge is -2.09. The maximum atomic E-state index is 13.0. The zero-order valence-electron chi connectivity index (χ0n) is 10.5. The Morgan fingerprint density at radius 3 is 2.79 bits per heavy atom. The molecule has 0 unspecified atom stereocenters. The maximum absolute atomic E-state index is 13.0. The van der Waals surface area contributed by atoms with Crippen LogP contribution in [0.4, 0.5) is 21.7 Å². The second kappa shape index (κ2) is 5.84. The summed E-state index contributed by atoms with van der Waals surface area (Å²) in [6.45, 7) is 2.04. The van der Waals surface area contributed by atoms with Gasteiger partial charge < -0.3 is 11.1 Å². The van der Waals surface area contributed by atoms with E-state index in [0.717, 1.165) is 12.8 Å². The molecular weight excluding hydrogens is 267 g/mol. The van der Waals surface area contributed by atoms with Gasteiger partial charge in [0.15, 0.2) is 0 Å². The molecule has 0 radical (unpaired) electrons. The van der Waals surface area contributed by atoms with Gasteiger partial charge in [-0.1, -0.05) is 18.5 Å². The average Bonchev–Trinajstić information content (AvgIpc) is 2.32. The predicted molar refractivity (Wildman–Crippen MR) is 75.1 cm³/mol. The number of hydrogen-bond donors (Lipinski definition) is 2. The van der Waals surface area contributed by atoms with E-state index in [2.05, 4.69) is 15.3 Å². The van der Waals surface area contributed by atoms with Crippen LogP contribution in [0.25, 0.3) is 0 Å². The zero-order chi connectivity index (χ0) is 13.8. The van der Waals surface area contributed by atoms with Crippen LogP contribution in [0.15, 0.2) is 24.3 Å². The molecule has 1 heterocycles. The molecule has 6 heteroatoms. The quantitative estimate of drug-likeness (QED) is 0.899. The number of anilines is 3. The summed E-state index contributed by atoms with van der Waals surface area (Å²) in [5.41, 5.74) is 6.29. The number of rotatable bonds is 4. The first-order valence-corrected chi connectivity index (χ1v) is 6.32. The Labute approximate surface area is 115 Å². The number of aryl methyl sites for hydroxylation is 1. The van der Waals surface area contributed by atoms with Crippen LogP contribution in [0.3, 0.4) is 0 Å². The van der Waals surface area contributed by atoms with Gasteiger partial charge in [-0.15, -0.1) is 0 Å². The van der Waals surface area contributed by atoms with Crippen LogP contribution in [-0.2, 0) is 6.42 Å². The van der Waals surface area contributed by atoms with Gasteiger partial charge in [-0.2, -0.15) is 0 Å². The van der Waals surface area contributed by atoms with E-state index < -0.39 is 0 Å². The number of nitrogens with one attached hydrogen (secondary N) is 1. The zero-order valence-corrected chi connectivity index (χ0v) is 11.2. The van der Waals surface area contributed by atoms with Crippen molar-refractivity contribution >= 4 is 28.9 Å². The van der Waals surface area contributed by atoms with Crippen LogP contribution >= 0.6 is 11.6 Å². The first-order chi connectivity index (χ1) is 9.08. The van der Waals surface area contributed by atoms with E-state index in [0.29, 0.717) is 23.1 Å². The smallest absolute Gasteiger partial charge is 0.136 e. The van der Waals surface area contributed by atoms with Crippen molar-refractivity contribution in [1.82, 2.24) is 9.97 Å². The van der Waals surface area contributed by atoms with Gasteiger partial charge in [0.25, 0.3) is 0 Å². The van der Waals surface area contributed by atoms with Gasteiger partial charge in [0.2, 0.25) is 0 Å². The second-order valence-electron chi connectivity index (χ2n) is 4.09. The molecule has 2 aromatic rings.